The van der Waals surface area contributed by atoms with Crippen LogP contribution in [0, 0.1) is 0 Å². The number of hydrogen-bond donors (Lipinski definition) is 3. The van der Waals surface area contributed by atoms with Crippen LogP contribution in [0.4, 0.5) is 10.6 Å². The van der Waals surface area contributed by atoms with E-state index in [1.807, 2.05) is 30.3 Å². The van der Waals surface area contributed by atoms with Crippen molar-refractivity contribution in [3.63, 3.8) is 0 Å². The summed E-state index contributed by atoms with van der Waals surface area (Å²) < 4.78 is 5.86. The molecule has 0 bridgehead atoms. The first-order valence-corrected chi connectivity index (χ1v) is 10.8. The Balaban J connectivity index is 0.000000331. The molecule has 2 aromatic rings. The number of hydrogen-bond acceptors (Lipinski definition) is 8. The minimum absolute atomic E-state index is 0.212. The lowest BCUT2D eigenvalue weighted by Gasteiger charge is -2.20. The number of pyridine rings is 1. The highest BCUT2D eigenvalue weighted by Crippen LogP contribution is 2.29. The van der Waals surface area contributed by atoms with E-state index in [0.29, 0.717) is 31.7 Å². The topological polar surface area (TPSA) is 146 Å². The molecule has 1 aromatic carbocycles. The average Bonchev–Trinajstić information content (AvgIpc) is 2.97. The molecule has 2 aliphatic heterocycles. The number of imide groups is 1. The maximum absolute atomic E-state index is 11.8. The van der Waals surface area contributed by atoms with Gasteiger partial charge in [0.05, 0.1) is 11.8 Å². The van der Waals surface area contributed by atoms with E-state index >= 15 is 0 Å². The highest BCUT2D eigenvalue weighted by atomic mass is 32.2. The van der Waals surface area contributed by atoms with Crippen molar-refractivity contribution in [3.8, 4) is 5.75 Å². The summed E-state index contributed by atoms with van der Waals surface area (Å²) in [6.07, 6.45) is 3.43. The third-order valence-corrected chi connectivity index (χ3v) is 5.62. The molecule has 3 heterocycles. The van der Waals surface area contributed by atoms with Gasteiger partial charge in [-0.05, 0) is 30.2 Å². The Kier molecular flexibility index (Phi) is 8.03. The number of carboxylic acids is 2. The number of carbonyl (C=O) groups excluding carboxylic acids is 2. The van der Waals surface area contributed by atoms with E-state index in [0.717, 1.165) is 41.0 Å². The van der Waals surface area contributed by atoms with Gasteiger partial charge in [0.25, 0.3) is 5.24 Å². The smallest absolute Gasteiger partial charge is 0.328 e. The lowest BCUT2D eigenvalue weighted by molar-refractivity contribution is -0.134. The number of fused-ring (bicyclic) bond motifs is 1. The minimum atomic E-state index is -1.26. The Morgan fingerprint density at radius 2 is 1.94 bits per heavy atom. The molecule has 0 spiro atoms. The number of benzene rings is 1. The number of amides is 2. The van der Waals surface area contributed by atoms with Gasteiger partial charge in [0, 0.05) is 30.5 Å². The summed E-state index contributed by atoms with van der Waals surface area (Å²) in [6, 6.07) is 11.8. The largest absolute Gasteiger partial charge is 0.491 e. The van der Waals surface area contributed by atoms with Crippen LogP contribution < -0.4 is 15.0 Å². The number of nitrogens with one attached hydrogen (secondary N) is 1. The number of rotatable bonds is 5. The van der Waals surface area contributed by atoms with Crippen molar-refractivity contribution in [1.29, 1.82) is 0 Å². The molecule has 1 unspecified atom stereocenters. The first-order valence-electron chi connectivity index (χ1n) is 9.88. The van der Waals surface area contributed by atoms with Gasteiger partial charge in [0.2, 0.25) is 5.91 Å². The number of thioether (sulfide) groups is 1. The van der Waals surface area contributed by atoms with Crippen LogP contribution in [-0.2, 0) is 27.3 Å². The Morgan fingerprint density at radius 1 is 1.18 bits per heavy atom. The van der Waals surface area contributed by atoms with Gasteiger partial charge >= 0.3 is 11.9 Å². The summed E-state index contributed by atoms with van der Waals surface area (Å²) in [5, 5.41) is 17.3. The number of carboxylic acid groups (broad SMARTS) is 2. The zero-order chi connectivity index (χ0) is 23.8. The molecular weight excluding hydrogens is 450 g/mol. The van der Waals surface area contributed by atoms with Crippen LogP contribution in [0.25, 0.3) is 0 Å². The molecule has 172 valence electrons. The van der Waals surface area contributed by atoms with Crippen molar-refractivity contribution in [2.24, 2.45) is 0 Å². The van der Waals surface area contributed by atoms with Crippen molar-refractivity contribution in [1.82, 2.24) is 10.3 Å². The fraction of sp³-hybridized carbons (Fsp3) is 0.227. The Labute approximate surface area is 193 Å². The number of aromatic nitrogens is 1. The van der Waals surface area contributed by atoms with E-state index in [-0.39, 0.29) is 16.4 Å². The van der Waals surface area contributed by atoms with E-state index in [1.54, 1.807) is 6.20 Å². The van der Waals surface area contributed by atoms with Gasteiger partial charge < -0.3 is 19.8 Å². The monoisotopic (exact) mass is 471 g/mol. The SMILES string of the molecule is O=C(O)/C=C\C(=O)O.O=C1NC(=O)C(Cc2ccc3c(c2)CN(c2ccccn2)CCO3)S1. The fourth-order valence-electron chi connectivity index (χ4n) is 3.20. The van der Waals surface area contributed by atoms with E-state index in [2.05, 4.69) is 21.3 Å². The normalized spacial score (nSPS) is 17.3. The van der Waals surface area contributed by atoms with E-state index in [4.69, 9.17) is 14.9 Å². The van der Waals surface area contributed by atoms with Crippen LogP contribution in [0.3, 0.4) is 0 Å². The molecule has 33 heavy (non-hydrogen) atoms. The number of nitrogens with zero attached hydrogens (tertiary/aromatic N) is 2. The third-order valence-electron chi connectivity index (χ3n) is 4.63. The van der Waals surface area contributed by atoms with Gasteiger partial charge in [-0.25, -0.2) is 14.6 Å². The second kappa shape index (κ2) is 11.1. The zero-order valence-corrected chi connectivity index (χ0v) is 18.2. The summed E-state index contributed by atoms with van der Waals surface area (Å²) in [5.41, 5.74) is 2.09. The first kappa shape index (κ1) is 23.8. The summed E-state index contributed by atoms with van der Waals surface area (Å²) in [6.45, 7) is 2.05. The molecule has 1 saturated heterocycles. The van der Waals surface area contributed by atoms with Crippen molar-refractivity contribution < 1.29 is 34.1 Å². The predicted octanol–water partition coefficient (Wildman–Crippen LogP) is 2.09. The van der Waals surface area contributed by atoms with Gasteiger partial charge in [-0.2, -0.15) is 0 Å². The predicted molar refractivity (Wildman–Crippen MR) is 120 cm³/mol. The highest BCUT2D eigenvalue weighted by molar-refractivity contribution is 8.15. The fourth-order valence-corrected chi connectivity index (χ4v) is 4.05. The molecule has 0 saturated carbocycles. The molecular formula is C22H21N3O7S. The first-order chi connectivity index (χ1) is 15.8. The van der Waals surface area contributed by atoms with Gasteiger partial charge in [0.15, 0.2) is 0 Å². The number of aliphatic carboxylic acids is 2. The van der Waals surface area contributed by atoms with Crippen LogP contribution in [0.2, 0.25) is 0 Å². The number of anilines is 1. The van der Waals surface area contributed by atoms with Crippen LogP contribution in [0.15, 0.2) is 54.7 Å². The lowest BCUT2D eigenvalue weighted by Crippen LogP contribution is -2.26. The average molecular weight is 471 g/mol. The number of ether oxygens (including phenoxy) is 1. The molecule has 2 aliphatic rings. The van der Waals surface area contributed by atoms with Crippen molar-refractivity contribution >= 4 is 40.7 Å². The lowest BCUT2D eigenvalue weighted by atomic mass is 10.0. The third kappa shape index (κ3) is 7.07. The highest BCUT2D eigenvalue weighted by Gasteiger charge is 2.31. The Hall–Kier alpha value is -3.86. The molecule has 1 aromatic heterocycles. The second-order valence-corrected chi connectivity index (χ2v) is 8.17. The molecule has 4 rings (SSSR count). The van der Waals surface area contributed by atoms with Crippen molar-refractivity contribution in [3.05, 3.63) is 65.9 Å². The van der Waals surface area contributed by atoms with Crippen LogP contribution in [0.1, 0.15) is 11.1 Å². The van der Waals surface area contributed by atoms with Crippen molar-refractivity contribution in [2.45, 2.75) is 18.2 Å². The van der Waals surface area contributed by atoms with Crippen LogP contribution in [0.5, 0.6) is 5.75 Å². The molecule has 0 radical (unpaired) electrons. The summed E-state index contributed by atoms with van der Waals surface area (Å²) in [4.78, 5) is 48.8. The van der Waals surface area contributed by atoms with E-state index in [1.165, 1.54) is 0 Å². The summed E-state index contributed by atoms with van der Waals surface area (Å²) in [7, 11) is 0. The minimum Gasteiger partial charge on any atom is -0.491 e. The van der Waals surface area contributed by atoms with Crippen LogP contribution in [-0.4, -0.2) is 56.7 Å². The summed E-state index contributed by atoms with van der Waals surface area (Å²) in [5.74, 6) is -0.946. The van der Waals surface area contributed by atoms with Crippen molar-refractivity contribution in [2.75, 3.05) is 18.1 Å². The van der Waals surface area contributed by atoms with Gasteiger partial charge in [-0.3, -0.25) is 14.9 Å². The van der Waals surface area contributed by atoms with E-state index < -0.39 is 11.9 Å². The molecule has 1 fully saturated rings. The van der Waals surface area contributed by atoms with Crippen LogP contribution >= 0.6 is 11.8 Å². The second-order valence-electron chi connectivity index (χ2n) is 7.00. The summed E-state index contributed by atoms with van der Waals surface area (Å²) >= 11 is 1.06. The quantitative estimate of drug-likeness (QED) is 0.554. The Bertz CT molecular complexity index is 1060. The van der Waals surface area contributed by atoms with Gasteiger partial charge in [0.1, 0.15) is 18.2 Å². The van der Waals surface area contributed by atoms with Gasteiger partial charge in [-0.1, -0.05) is 30.0 Å². The molecule has 2 amide bonds. The molecule has 1 atom stereocenters. The number of carbonyl (C=O) groups is 4. The Morgan fingerprint density at radius 3 is 2.55 bits per heavy atom. The maximum atomic E-state index is 11.8. The zero-order valence-electron chi connectivity index (χ0n) is 17.3. The molecule has 0 aliphatic carbocycles. The van der Waals surface area contributed by atoms with Gasteiger partial charge in [-0.15, -0.1) is 0 Å². The standard InChI is InChI=1S/C18H17N3O3S.C4H4O4/c22-17-15(25-18(23)20-17)10-12-4-5-14-13(9-12)11-21(7-8-24-14)16-3-1-2-6-19-16;5-3(6)1-2-4(7)8/h1-6,9,15H,7-8,10-11H2,(H,20,22,23);1-2H,(H,5,6)(H,7,8)/b;2-1-. The molecule has 11 heteroatoms. The molecule has 10 nitrogen and oxygen atoms in total. The molecule has 3 N–H and O–H groups in total. The van der Waals surface area contributed by atoms with E-state index in [9.17, 15) is 19.2 Å². The maximum Gasteiger partial charge on any atom is 0.328 e.